The van der Waals surface area contributed by atoms with E-state index in [1.807, 2.05) is 24.6 Å². The number of halogens is 9. The molecular weight excluding hydrogens is 906 g/mol. The van der Waals surface area contributed by atoms with Crippen LogP contribution in [-0.4, -0.2) is 58.9 Å². The van der Waals surface area contributed by atoms with Crippen molar-refractivity contribution < 1.29 is 71.6 Å². The van der Waals surface area contributed by atoms with Crippen molar-refractivity contribution in [3.05, 3.63) is 129 Å². The molecule has 2 atom stereocenters. The number of phenolic OH excluding ortho intramolecular Hbond substituents is 2. The van der Waals surface area contributed by atoms with Gasteiger partial charge >= 0.3 is 18.0 Å². The summed E-state index contributed by atoms with van der Waals surface area (Å²) in [7, 11) is 0. The number of aromatic hydroxyl groups is 2. The van der Waals surface area contributed by atoms with Crippen LogP contribution in [0.4, 0.5) is 39.5 Å². The van der Waals surface area contributed by atoms with Gasteiger partial charge in [-0.15, -0.1) is 0 Å². The number of benzene rings is 4. The van der Waals surface area contributed by atoms with Gasteiger partial charge in [-0.05, 0) is 58.1 Å². The second-order valence-electron chi connectivity index (χ2n) is 19.6. The second kappa shape index (κ2) is 19.9. The van der Waals surface area contributed by atoms with E-state index in [0.717, 1.165) is 70.2 Å². The van der Waals surface area contributed by atoms with Crippen LogP contribution in [0.15, 0.2) is 94.9 Å². The molecule has 4 aromatic carbocycles. The summed E-state index contributed by atoms with van der Waals surface area (Å²) in [6.45, 7) is 22.0. The first-order valence-electron chi connectivity index (χ1n) is 21.0. The summed E-state index contributed by atoms with van der Waals surface area (Å²) in [5.74, 6) is 0.563. The molecule has 0 aliphatic heterocycles. The molecule has 5 nitrogen and oxygen atoms in total. The number of aliphatic imine (C=N–C) groups is 2. The molecule has 0 amide bonds. The third-order valence-corrected chi connectivity index (χ3v) is 12.0. The second-order valence-corrected chi connectivity index (χ2v) is 19.6. The Labute approximate surface area is 386 Å². The van der Waals surface area contributed by atoms with E-state index in [-0.39, 0.29) is 51.2 Å². The molecule has 2 N–H and O–H groups in total. The molecule has 0 saturated heterocycles. The largest absolute Gasteiger partial charge is 0.795 e. The normalized spacial score (nSPS) is 17.2. The van der Waals surface area contributed by atoms with Crippen LogP contribution in [0.1, 0.15) is 139 Å². The zero-order valence-electron chi connectivity index (χ0n) is 38.2. The number of rotatable bonds is 9. The van der Waals surface area contributed by atoms with Gasteiger partial charge < -0.3 is 15.3 Å². The summed E-state index contributed by atoms with van der Waals surface area (Å²) in [5.41, 5.74) is -0.156. The predicted octanol–water partition coefficient (Wildman–Crippen LogP) is 13.0. The van der Waals surface area contributed by atoms with E-state index in [0.29, 0.717) is 0 Å². The molecule has 0 bridgehead atoms. The minimum atomic E-state index is -7.08. The molecule has 15 heteroatoms. The van der Waals surface area contributed by atoms with Gasteiger partial charge in [0.2, 0.25) is 6.11 Å². The van der Waals surface area contributed by atoms with Gasteiger partial charge in [-0.25, -0.2) is 13.2 Å². The molecular formula is C50H58CoF9N2O3-. The van der Waals surface area contributed by atoms with Gasteiger partial charge in [0.05, 0.1) is 12.1 Å². The third kappa shape index (κ3) is 12.2. The SMILES string of the molecule is CC(C)(C)c1cc(C=N[C@@H]2CCCC[C@H]2N=Cc2cc(C(C)(C)C)cc(C(C)(C)c3ccccc3)c2O)c(O)c(C(C)(C)c2ccccc2)c1.[Co].[O-]C(F)(F)C(F)(C(F)(F)F)C(F)(F)F. The Balaban J connectivity index is 0.000000646. The predicted molar refractivity (Wildman–Crippen MR) is 233 cm³/mol. The Morgan fingerprint density at radius 3 is 1.06 bits per heavy atom. The standard InChI is InChI=1S/C46H58N2O2.C4F9O.Co/c1-43(2,3)35-25-31(41(49)37(27-35)45(7,8)33-19-13-11-14-20-33)29-47-39-23-17-18-24-40(39)48-30-32-26-36(44(4,5)6)28-38(42(32)50)46(9,10)34-21-15-12-16-22-34;5-1(2(6,7)8,3(9,10)11)4(12,13)14;/h11-16,19-22,25-30,39-40,49-50H,17-18,23-24H2,1-10H3;;/q;-1;/t39-,40-;;/m1../s1. The van der Waals surface area contributed by atoms with Gasteiger partial charge in [-0.3, -0.25) is 9.98 Å². The first-order chi connectivity index (χ1) is 29.2. The zero-order valence-corrected chi connectivity index (χ0v) is 39.2. The minimum absolute atomic E-state index is 0. The van der Waals surface area contributed by atoms with Crippen molar-refractivity contribution in [1.29, 1.82) is 0 Å². The van der Waals surface area contributed by atoms with Crippen molar-refractivity contribution in [2.24, 2.45) is 9.98 Å². The topological polar surface area (TPSA) is 88.2 Å². The van der Waals surface area contributed by atoms with Crippen LogP contribution in [0.3, 0.4) is 0 Å². The summed E-state index contributed by atoms with van der Waals surface area (Å²) in [5, 5.41) is 32.8. The summed E-state index contributed by atoms with van der Waals surface area (Å²) in [6.07, 6.45) is -13.1. The molecule has 0 aromatic heterocycles. The summed E-state index contributed by atoms with van der Waals surface area (Å²) in [4.78, 5) is 10.3. The van der Waals surface area contributed by atoms with Crippen LogP contribution in [0.25, 0.3) is 0 Å². The van der Waals surface area contributed by atoms with Crippen molar-refractivity contribution in [3.8, 4) is 11.5 Å². The van der Waals surface area contributed by atoms with Crippen molar-refractivity contribution >= 4 is 12.4 Å². The van der Waals surface area contributed by atoms with Gasteiger partial charge in [-0.1, -0.05) is 155 Å². The average molecular weight is 965 g/mol. The van der Waals surface area contributed by atoms with Crippen LogP contribution < -0.4 is 5.11 Å². The van der Waals surface area contributed by atoms with Crippen molar-refractivity contribution in [2.45, 2.75) is 153 Å². The van der Waals surface area contributed by atoms with E-state index in [9.17, 15) is 54.8 Å². The van der Waals surface area contributed by atoms with E-state index in [4.69, 9.17) is 9.98 Å². The van der Waals surface area contributed by atoms with Crippen molar-refractivity contribution in [1.82, 2.24) is 0 Å². The monoisotopic (exact) mass is 964 g/mol. The molecule has 5 rings (SSSR count). The molecule has 1 aliphatic carbocycles. The average Bonchev–Trinajstić information content (AvgIpc) is 3.18. The van der Waals surface area contributed by atoms with Gasteiger partial charge in [0.15, 0.2) is 0 Å². The van der Waals surface area contributed by atoms with Gasteiger partial charge in [0.1, 0.15) is 11.5 Å². The van der Waals surface area contributed by atoms with Crippen LogP contribution in [-0.2, 0) is 38.4 Å². The molecule has 1 aliphatic rings. The molecule has 0 spiro atoms. The quantitative estimate of drug-likeness (QED) is 0.129. The maximum absolute atomic E-state index is 12.0. The number of phenols is 2. The van der Waals surface area contributed by atoms with E-state index >= 15 is 0 Å². The van der Waals surface area contributed by atoms with Crippen molar-refractivity contribution in [2.75, 3.05) is 0 Å². The Morgan fingerprint density at radius 2 is 0.815 bits per heavy atom. The Bertz CT molecular complexity index is 2100. The number of alkyl halides is 9. The molecule has 1 radical (unpaired) electrons. The maximum atomic E-state index is 12.0. The first kappa shape index (κ1) is 55.0. The minimum Gasteiger partial charge on any atom is -0.795 e. The molecule has 359 valence electrons. The Morgan fingerprint density at radius 1 is 0.508 bits per heavy atom. The van der Waals surface area contributed by atoms with Crippen LogP contribution in [0.5, 0.6) is 11.5 Å². The Hall–Kier alpha value is -4.34. The fraction of sp³-hybridized carbons (Fsp3) is 0.480. The maximum Gasteiger partial charge on any atom is 0.436 e. The van der Waals surface area contributed by atoms with E-state index < -0.39 is 35.0 Å². The number of nitrogens with zero attached hydrogens (tertiary/aromatic N) is 2. The molecule has 1 saturated carbocycles. The van der Waals surface area contributed by atoms with Crippen LogP contribution >= 0.6 is 0 Å². The fourth-order valence-corrected chi connectivity index (χ4v) is 7.63. The Kier molecular flexibility index (Phi) is 16.8. The fourth-order valence-electron chi connectivity index (χ4n) is 7.63. The van der Waals surface area contributed by atoms with Crippen LogP contribution in [0.2, 0.25) is 0 Å². The van der Waals surface area contributed by atoms with Gasteiger partial charge in [0.25, 0.3) is 0 Å². The van der Waals surface area contributed by atoms with Crippen molar-refractivity contribution in [3.63, 3.8) is 0 Å². The number of hydrogen-bond donors (Lipinski definition) is 2. The van der Waals surface area contributed by atoms with Gasteiger partial charge in [0, 0.05) is 62.3 Å². The molecule has 1 fully saturated rings. The van der Waals surface area contributed by atoms with E-state index in [1.165, 1.54) is 0 Å². The third-order valence-electron chi connectivity index (χ3n) is 12.0. The molecule has 65 heavy (non-hydrogen) atoms. The van der Waals surface area contributed by atoms with E-state index in [2.05, 4.69) is 142 Å². The molecule has 0 unspecified atom stereocenters. The van der Waals surface area contributed by atoms with Gasteiger partial charge in [-0.2, -0.15) is 26.3 Å². The molecule has 0 heterocycles. The first-order valence-corrected chi connectivity index (χ1v) is 21.0. The zero-order chi connectivity index (χ0) is 48.5. The number of hydrogen-bond acceptors (Lipinski definition) is 5. The summed E-state index contributed by atoms with van der Waals surface area (Å²) < 4.78 is 103. The van der Waals surface area contributed by atoms with E-state index in [1.54, 1.807) is 0 Å². The van der Waals surface area contributed by atoms with Crippen LogP contribution in [0, 0.1) is 0 Å². The summed E-state index contributed by atoms with van der Waals surface area (Å²) in [6, 6.07) is 29.3. The molecule has 4 aromatic rings. The summed E-state index contributed by atoms with van der Waals surface area (Å²) >= 11 is 0. The smallest absolute Gasteiger partial charge is 0.436 e.